The van der Waals surface area contributed by atoms with Crippen LogP contribution in [-0.4, -0.2) is 29.4 Å². The maximum absolute atomic E-state index is 9.39. The summed E-state index contributed by atoms with van der Waals surface area (Å²) in [5.74, 6) is 0.533. The molecule has 0 spiro atoms. The molecule has 0 aliphatic heterocycles. The number of aliphatic hydroxyl groups is 1. The summed E-state index contributed by atoms with van der Waals surface area (Å²) in [6, 6.07) is 11.4. The fourth-order valence-electron chi connectivity index (χ4n) is 2.95. The van der Waals surface area contributed by atoms with E-state index in [1.54, 1.807) is 27.8 Å². The van der Waals surface area contributed by atoms with Crippen LogP contribution in [0.1, 0.15) is 0 Å². The van der Waals surface area contributed by atoms with Crippen molar-refractivity contribution in [1.82, 2.24) is 24.3 Å². The number of aromatic nitrogens is 5. The third-order valence-corrected chi connectivity index (χ3v) is 4.16. The second-order valence-corrected chi connectivity index (χ2v) is 5.65. The molecule has 7 nitrogen and oxygen atoms in total. The molecule has 0 bridgehead atoms. The predicted octanol–water partition coefficient (Wildman–Crippen LogP) is 2.98. The van der Waals surface area contributed by atoms with E-state index < -0.39 is 0 Å². The quantitative estimate of drug-likeness (QED) is 0.549. The molecule has 0 aliphatic carbocycles. The number of rotatable bonds is 3. The van der Waals surface area contributed by atoms with Crippen molar-refractivity contribution in [3.8, 4) is 17.1 Å². The molecule has 4 aromatic heterocycles. The molecular formula is C18H13N5O2. The lowest BCUT2D eigenvalue weighted by Crippen LogP contribution is -1.99. The molecule has 0 fully saturated rings. The summed E-state index contributed by atoms with van der Waals surface area (Å²) in [6.45, 7) is -0.118. The molecule has 122 valence electrons. The van der Waals surface area contributed by atoms with Crippen molar-refractivity contribution in [1.29, 1.82) is 0 Å². The molecule has 0 amide bonds. The minimum atomic E-state index is -0.118. The first-order valence-corrected chi connectivity index (χ1v) is 7.79. The minimum Gasteiger partial charge on any atom is -0.436 e. The first kappa shape index (κ1) is 13.9. The van der Waals surface area contributed by atoms with Crippen molar-refractivity contribution in [2.45, 2.75) is 6.73 Å². The zero-order valence-corrected chi connectivity index (χ0v) is 13.1. The highest BCUT2D eigenvalue weighted by Crippen LogP contribution is 2.26. The van der Waals surface area contributed by atoms with Crippen molar-refractivity contribution < 1.29 is 9.52 Å². The smallest absolute Gasteiger partial charge is 0.230 e. The molecule has 5 rings (SSSR count). The Bertz CT molecular complexity index is 1170. The Hall–Kier alpha value is -3.45. The summed E-state index contributed by atoms with van der Waals surface area (Å²) in [6.07, 6.45) is 7.09. The maximum Gasteiger partial charge on any atom is 0.230 e. The van der Waals surface area contributed by atoms with Gasteiger partial charge in [0.25, 0.3) is 0 Å². The Morgan fingerprint density at radius 3 is 2.92 bits per heavy atom. The Balaban J connectivity index is 1.62. The second kappa shape index (κ2) is 5.29. The normalized spacial score (nSPS) is 11.6. The molecule has 0 unspecified atom stereocenters. The van der Waals surface area contributed by atoms with Crippen LogP contribution in [0.5, 0.6) is 0 Å². The molecule has 1 N–H and O–H groups in total. The number of nitrogens with zero attached hydrogens (tertiary/aromatic N) is 5. The van der Waals surface area contributed by atoms with Gasteiger partial charge in [-0.25, -0.2) is 14.6 Å². The molecule has 1 aromatic carbocycles. The summed E-state index contributed by atoms with van der Waals surface area (Å²) in [4.78, 5) is 8.82. The minimum absolute atomic E-state index is 0.118. The van der Waals surface area contributed by atoms with Crippen LogP contribution in [0.4, 0.5) is 0 Å². The summed E-state index contributed by atoms with van der Waals surface area (Å²) < 4.78 is 9.23. The van der Waals surface area contributed by atoms with E-state index in [1.165, 1.54) is 0 Å². The van der Waals surface area contributed by atoms with Gasteiger partial charge in [-0.3, -0.25) is 0 Å². The number of fused-ring (bicyclic) bond motifs is 2. The van der Waals surface area contributed by atoms with Gasteiger partial charge in [-0.2, -0.15) is 5.10 Å². The van der Waals surface area contributed by atoms with Gasteiger partial charge < -0.3 is 14.1 Å². The number of pyridine rings is 1. The number of hydrogen-bond acceptors (Lipinski definition) is 5. The molecule has 0 saturated carbocycles. The Kier molecular flexibility index (Phi) is 2.95. The van der Waals surface area contributed by atoms with Crippen LogP contribution in [0.2, 0.25) is 0 Å². The average molecular weight is 331 g/mol. The predicted molar refractivity (Wildman–Crippen MR) is 92.1 cm³/mol. The van der Waals surface area contributed by atoms with Crippen LogP contribution in [0, 0.1) is 0 Å². The van der Waals surface area contributed by atoms with E-state index in [-0.39, 0.29) is 6.73 Å². The molecule has 5 aromatic rings. The number of aliphatic hydroxyl groups excluding tert-OH is 1. The van der Waals surface area contributed by atoms with E-state index in [9.17, 15) is 5.11 Å². The monoisotopic (exact) mass is 331 g/mol. The van der Waals surface area contributed by atoms with Gasteiger partial charge in [0.05, 0.1) is 17.4 Å². The highest BCUT2D eigenvalue weighted by Gasteiger charge is 2.13. The fraction of sp³-hybridized carbons (Fsp3) is 0.0556. The summed E-state index contributed by atoms with van der Waals surface area (Å²) in [5.41, 5.74) is 3.94. The van der Waals surface area contributed by atoms with Crippen LogP contribution >= 0.6 is 0 Å². The van der Waals surface area contributed by atoms with E-state index >= 15 is 0 Å². The lowest BCUT2D eigenvalue weighted by Gasteiger charge is -2.04. The van der Waals surface area contributed by atoms with Crippen molar-refractivity contribution in [2.24, 2.45) is 0 Å². The van der Waals surface area contributed by atoms with E-state index in [1.807, 2.05) is 42.6 Å². The molecule has 7 heteroatoms. The Morgan fingerprint density at radius 2 is 2.04 bits per heavy atom. The largest absolute Gasteiger partial charge is 0.436 e. The van der Waals surface area contributed by atoms with Crippen LogP contribution < -0.4 is 0 Å². The lowest BCUT2D eigenvalue weighted by atomic mass is 10.3. The van der Waals surface area contributed by atoms with Crippen LogP contribution in [-0.2, 0) is 6.73 Å². The highest BCUT2D eigenvalue weighted by atomic mass is 16.3. The van der Waals surface area contributed by atoms with Crippen LogP contribution in [0.3, 0.4) is 0 Å². The number of para-hydroxylation sites is 2. The van der Waals surface area contributed by atoms with Crippen LogP contribution in [0.15, 0.2) is 65.6 Å². The van der Waals surface area contributed by atoms with Gasteiger partial charge in [0.2, 0.25) is 5.89 Å². The van der Waals surface area contributed by atoms with Crippen molar-refractivity contribution in [3.63, 3.8) is 0 Å². The summed E-state index contributed by atoms with van der Waals surface area (Å²) in [5, 5.41) is 14.7. The van der Waals surface area contributed by atoms with Gasteiger partial charge in [0, 0.05) is 24.0 Å². The highest BCUT2D eigenvalue weighted by molar-refractivity contribution is 5.85. The zero-order valence-electron chi connectivity index (χ0n) is 13.1. The number of benzene rings is 1. The van der Waals surface area contributed by atoms with E-state index in [2.05, 4.69) is 15.1 Å². The summed E-state index contributed by atoms with van der Waals surface area (Å²) in [7, 11) is 0. The van der Waals surface area contributed by atoms with E-state index in [4.69, 9.17) is 4.42 Å². The fourth-order valence-corrected chi connectivity index (χ4v) is 2.95. The van der Waals surface area contributed by atoms with Gasteiger partial charge in [-0.15, -0.1) is 0 Å². The Morgan fingerprint density at radius 1 is 1.12 bits per heavy atom. The third-order valence-electron chi connectivity index (χ3n) is 4.16. The topological polar surface area (TPSA) is 81.9 Å². The standard InChI is InChI=1S/C18H13N5O2/c24-11-22-8-6-13-15(5-7-19-17(13)22)23-10-12(9-20-23)18-21-14-3-1-2-4-16(14)25-18/h1-10,24H,11H2. The van der Waals surface area contributed by atoms with E-state index in [0.29, 0.717) is 11.5 Å². The molecule has 0 aliphatic rings. The van der Waals surface area contributed by atoms with Crippen LogP contribution in [0.25, 0.3) is 39.3 Å². The molecular weight excluding hydrogens is 318 g/mol. The van der Waals surface area contributed by atoms with Crippen molar-refractivity contribution in [3.05, 3.63) is 61.2 Å². The van der Waals surface area contributed by atoms with Gasteiger partial charge >= 0.3 is 0 Å². The van der Waals surface area contributed by atoms with Gasteiger partial charge in [0.1, 0.15) is 17.9 Å². The average Bonchev–Trinajstić information content (AvgIpc) is 3.37. The number of oxazole rings is 1. The maximum atomic E-state index is 9.39. The summed E-state index contributed by atoms with van der Waals surface area (Å²) >= 11 is 0. The molecule has 4 heterocycles. The van der Waals surface area contributed by atoms with Gasteiger partial charge in [-0.1, -0.05) is 12.1 Å². The molecule has 0 atom stereocenters. The third kappa shape index (κ3) is 2.14. The number of hydrogen-bond donors (Lipinski definition) is 1. The van der Waals surface area contributed by atoms with Crippen molar-refractivity contribution in [2.75, 3.05) is 0 Å². The first-order chi connectivity index (χ1) is 12.3. The first-order valence-electron chi connectivity index (χ1n) is 7.79. The second-order valence-electron chi connectivity index (χ2n) is 5.65. The molecule has 0 saturated heterocycles. The Labute approximate surface area is 141 Å². The van der Waals surface area contributed by atoms with Gasteiger partial charge in [0.15, 0.2) is 5.58 Å². The van der Waals surface area contributed by atoms with Gasteiger partial charge in [-0.05, 0) is 24.3 Å². The SMILES string of the molecule is OCn1ccc2c(-n3cc(-c4nc5ccccc5o4)cn3)ccnc21. The molecule has 0 radical (unpaired) electrons. The molecule has 25 heavy (non-hydrogen) atoms. The lowest BCUT2D eigenvalue weighted by molar-refractivity contribution is 0.215. The van der Waals surface area contributed by atoms with E-state index in [0.717, 1.165) is 27.7 Å². The van der Waals surface area contributed by atoms with Crippen molar-refractivity contribution >= 4 is 22.1 Å². The zero-order chi connectivity index (χ0) is 16.8.